The summed E-state index contributed by atoms with van der Waals surface area (Å²) in [6.45, 7) is 0. The fourth-order valence-electron chi connectivity index (χ4n) is 1.86. The number of para-hydroxylation sites is 1. The molecule has 0 saturated heterocycles. The zero-order valence-electron chi connectivity index (χ0n) is 11.9. The van der Waals surface area contributed by atoms with Gasteiger partial charge in [0.1, 0.15) is 0 Å². The quantitative estimate of drug-likeness (QED) is 0.501. The second kappa shape index (κ2) is 6.99. The van der Waals surface area contributed by atoms with Crippen LogP contribution >= 0.6 is 0 Å². The summed E-state index contributed by atoms with van der Waals surface area (Å²) >= 11 is 0. The Morgan fingerprint density at radius 1 is 1.09 bits per heavy atom. The molecular formula is C16H13N3O4. The van der Waals surface area contributed by atoms with E-state index in [1.807, 2.05) is 0 Å². The van der Waals surface area contributed by atoms with E-state index in [0.29, 0.717) is 11.3 Å². The van der Waals surface area contributed by atoms with Crippen LogP contribution in [0, 0.1) is 10.1 Å². The van der Waals surface area contributed by atoms with Crippen molar-refractivity contribution >= 4 is 29.3 Å². The van der Waals surface area contributed by atoms with Gasteiger partial charge in [-0.15, -0.1) is 0 Å². The molecular weight excluding hydrogens is 298 g/mol. The number of nitrogens with one attached hydrogen (secondary N) is 1. The first-order valence-corrected chi connectivity index (χ1v) is 6.60. The standard InChI is InChI=1S/C16H13N3O4/c17-16(21)13-3-1-2-4-14(13)18-15(20)10-7-11-5-8-12(9-6-11)19(22)23/h1-10H,(H2,17,21)(H,18,20)/b10-7+. The number of rotatable bonds is 5. The van der Waals surface area contributed by atoms with E-state index >= 15 is 0 Å². The molecule has 0 aliphatic rings. The summed E-state index contributed by atoms with van der Waals surface area (Å²) < 4.78 is 0. The van der Waals surface area contributed by atoms with Gasteiger partial charge in [-0.3, -0.25) is 19.7 Å². The number of carbonyl (C=O) groups excluding carboxylic acids is 2. The van der Waals surface area contributed by atoms with Crippen molar-refractivity contribution in [3.05, 3.63) is 75.8 Å². The van der Waals surface area contributed by atoms with Crippen molar-refractivity contribution in [2.24, 2.45) is 5.73 Å². The molecule has 0 fully saturated rings. The molecule has 3 N–H and O–H groups in total. The van der Waals surface area contributed by atoms with Crippen molar-refractivity contribution in [1.29, 1.82) is 0 Å². The fourth-order valence-corrected chi connectivity index (χ4v) is 1.86. The molecule has 0 heterocycles. The molecule has 0 aliphatic carbocycles. The van der Waals surface area contributed by atoms with Gasteiger partial charge in [0.25, 0.3) is 11.6 Å². The predicted octanol–water partition coefficient (Wildman–Crippen LogP) is 2.35. The van der Waals surface area contributed by atoms with Crippen molar-refractivity contribution in [2.45, 2.75) is 0 Å². The Kier molecular flexibility index (Phi) is 4.83. The number of nitrogens with two attached hydrogens (primary N) is 1. The summed E-state index contributed by atoms with van der Waals surface area (Å²) in [7, 11) is 0. The van der Waals surface area contributed by atoms with Gasteiger partial charge in [0.15, 0.2) is 0 Å². The number of nitro benzene ring substituents is 1. The molecule has 0 aromatic heterocycles. The van der Waals surface area contributed by atoms with Crippen LogP contribution in [0.25, 0.3) is 6.08 Å². The van der Waals surface area contributed by atoms with Crippen molar-refractivity contribution in [3.63, 3.8) is 0 Å². The number of primary amides is 1. The van der Waals surface area contributed by atoms with Crippen LogP contribution in [0.2, 0.25) is 0 Å². The number of amides is 2. The topological polar surface area (TPSA) is 115 Å². The highest BCUT2D eigenvalue weighted by Gasteiger charge is 2.08. The van der Waals surface area contributed by atoms with Gasteiger partial charge in [-0.2, -0.15) is 0 Å². The zero-order valence-corrected chi connectivity index (χ0v) is 11.9. The van der Waals surface area contributed by atoms with Crippen molar-refractivity contribution in [1.82, 2.24) is 0 Å². The molecule has 0 atom stereocenters. The average molecular weight is 311 g/mol. The van der Waals surface area contributed by atoms with Crippen LogP contribution in [0.1, 0.15) is 15.9 Å². The fraction of sp³-hybridized carbons (Fsp3) is 0. The Morgan fingerprint density at radius 2 is 1.74 bits per heavy atom. The molecule has 2 aromatic rings. The van der Waals surface area contributed by atoms with Crippen LogP contribution < -0.4 is 11.1 Å². The lowest BCUT2D eigenvalue weighted by molar-refractivity contribution is -0.384. The number of anilines is 1. The van der Waals surface area contributed by atoms with Gasteiger partial charge in [-0.25, -0.2) is 0 Å². The monoisotopic (exact) mass is 311 g/mol. The Morgan fingerprint density at radius 3 is 2.35 bits per heavy atom. The van der Waals surface area contributed by atoms with Gasteiger partial charge in [0.05, 0.1) is 16.2 Å². The van der Waals surface area contributed by atoms with Gasteiger partial charge in [0, 0.05) is 18.2 Å². The summed E-state index contributed by atoms with van der Waals surface area (Å²) in [4.78, 5) is 33.2. The van der Waals surface area contributed by atoms with Gasteiger partial charge < -0.3 is 11.1 Å². The molecule has 23 heavy (non-hydrogen) atoms. The van der Waals surface area contributed by atoms with E-state index in [-0.39, 0.29) is 11.3 Å². The number of nitrogens with zero attached hydrogens (tertiary/aromatic N) is 1. The first-order valence-electron chi connectivity index (χ1n) is 6.60. The third kappa shape index (κ3) is 4.24. The molecule has 2 rings (SSSR count). The van der Waals surface area contributed by atoms with Crippen molar-refractivity contribution in [3.8, 4) is 0 Å². The van der Waals surface area contributed by atoms with Gasteiger partial charge >= 0.3 is 0 Å². The van der Waals surface area contributed by atoms with Crippen LogP contribution in [0.5, 0.6) is 0 Å². The molecule has 0 spiro atoms. The highest BCUT2D eigenvalue weighted by atomic mass is 16.6. The van der Waals surface area contributed by atoms with Crippen LogP contribution in [-0.2, 0) is 4.79 Å². The molecule has 0 unspecified atom stereocenters. The summed E-state index contributed by atoms with van der Waals surface area (Å²) in [6, 6.07) is 12.1. The third-order valence-corrected chi connectivity index (χ3v) is 2.98. The molecule has 2 amide bonds. The first-order chi connectivity index (χ1) is 11.0. The second-order valence-electron chi connectivity index (χ2n) is 4.58. The van der Waals surface area contributed by atoms with E-state index in [4.69, 9.17) is 5.73 Å². The van der Waals surface area contributed by atoms with Gasteiger partial charge in [0.2, 0.25) is 5.91 Å². The molecule has 0 radical (unpaired) electrons. The number of hydrogen-bond acceptors (Lipinski definition) is 4. The number of nitro groups is 1. The van der Waals surface area contributed by atoms with Crippen LogP contribution in [0.15, 0.2) is 54.6 Å². The molecule has 0 bridgehead atoms. The van der Waals surface area contributed by atoms with E-state index in [1.165, 1.54) is 42.5 Å². The van der Waals surface area contributed by atoms with E-state index in [9.17, 15) is 19.7 Å². The lowest BCUT2D eigenvalue weighted by Crippen LogP contribution is -2.16. The Hall–Kier alpha value is -3.48. The van der Waals surface area contributed by atoms with E-state index < -0.39 is 16.7 Å². The first kappa shape index (κ1) is 15.9. The number of benzene rings is 2. The van der Waals surface area contributed by atoms with Crippen molar-refractivity contribution in [2.75, 3.05) is 5.32 Å². The number of hydrogen-bond donors (Lipinski definition) is 2. The van der Waals surface area contributed by atoms with Gasteiger partial charge in [-0.1, -0.05) is 12.1 Å². The van der Waals surface area contributed by atoms with Crippen LogP contribution in [0.3, 0.4) is 0 Å². The minimum Gasteiger partial charge on any atom is -0.366 e. The molecule has 7 heteroatoms. The number of non-ortho nitro benzene ring substituents is 1. The summed E-state index contributed by atoms with van der Waals surface area (Å²) in [6.07, 6.45) is 2.77. The van der Waals surface area contributed by atoms with Crippen LogP contribution in [-0.4, -0.2) is 16.7 Å². The van der Waals surface area contributed by atoms with E-state index in [1.54, 1.807) is 18.2 Å². The largest absolute Gasteiger partial charge is 0.366 e. The minimum atomic E-state index is -0.639. The normalized spacial score (nSPS) is 10.4. The molecule has 2 aromatic carbocycles. The summed E-state index contributed by atoms with van der Waals surface area (Å²) in [5, 5.41) is 13.1. The number of carbonyl (C=O) groups is 2. The predicted molar refractivity (Wildman–Crippen MR) is 85.7 cm³/mol. The van der Waals surface area contributed by atoms with Crippen LogP contribution in [0.4, 0.5) is 11.4 Å². The lowest BCUT2D eigenvalue weighted by Gasteiger charge is -2.06. The minimum absolute atomic E-state index is 0.0259. The highest BCUT2D eigenvalue weighted by molar-refractivity contribution is 6.07. The SMILES string of the molecule is NC(=O)c1ccccc1NC(=O)/C=C/c1ccc([N+](=O)[O-])cc1. The maximum absolute atomic E-state index is 11.9. The maximum Gasteiger partial charge on any atom is 0.269 e. The third-order valence-electron chi connectivity index (χ3n) is 2.98. The zero-order chi connectivity index (χ0) is 16.8. The Bertz CT molecular complexity index is 782. The smallest absolute Gasteiger partial charge is 0.269 e. The molecule has 0 aliphatic heterocycles. The lowest BCUT2D eigenvalue weighted by atomic mass is 10.1. The maximum atomic E-state index is 11.9. The van der Waals surface area contributed by atoms with E-state index in [2.05, 4.69) is 5.32 Å². The van der Waals surface area contributed by atoms with E-state index in [0.717, 1.165) is 0 Å². The molecule has 116 valence electrons. The second-order valence-corrected chi connectivity index (χ2v) is 4.58. The molecule has 7 nitrogen and oxygen atoms in total. The van der Waals surface area contributed by atoms with Crippen molar-refractivity contribution < 1.29 is 14.5 Å². The molecule has 0 saturated carbocycles. The highest BCUT2D eigenvalue weighted by Crippen LogP contribution is 2.15. The summed E-state index contributed by atoms with van der Waals surface area (Å²) in [5.74, 6) is -1.09. The summed E-state index contributed by atoms with van der Waals surface area (Å²) in [5.41, 5.74) is 6.37. The Labute approximate surface area is 131 Å². The van der Waals surface area contributed by atoms with Gasteiger partial charge in [-0.05, 0) is 35.9 Å². The average Bonchev–Trinajstić information content (AvgIpc) is 2.53. The Balaban J connectivity index is 2.07.